The van der Waals surface area contributed by atoms with Crippen LogP contribution < -0.4 is 16.7 Å². The Morgan fingerprint density at radius 1 is 1.03 bits per heavy atom. The molecule has 2 N–H and O–H groups in total. The van der Waals surface area contributed by atoms with Gasteiger partial charge in [-0.2, -0.15) is 4.98 Å². The molecule has 1 aromatic heterocycles. The molecule has 1 heterocycles. The minimum absolute atomic E-state index is 0.00864. The number of carbonyl (C=O) groups is 1. The summed E-state index contributed by atoms with van der Waals surface area (Å²) in [4.78, 5) is 41.1. The van der Waals surface area contributed by atoms with Crippen LogP contribution in [0.1, 0.15) is 23.6 Å². The van der Waals surface area contributed by atoms with Gasteiger partial charge in [0.15, 0.2) is 9.84 Å². The number of aliphatic carboxylic acids is 1. The molecule has 0 fully saturated rings. The number of sulfone groups is 1. The Labute approximate surface area is 196 Å². The van der Waals surface area contributed by atoms with E-state index in [0.29, 0.717) is 11.3 Å². The van der Waals surface area contributed by atoms with E-state index in [9.17, 15) is 27.9 Å². The quantitative estimate of drug-likeness (QED) is 0.466. The van der Waals surface area contributed by atoms with Crippen molar-refractivity contribution in [3.63, 3.8) is 0 Å². The van der Waals surface area contributed by atoms with E-state index < -0.39 is 33.1 Å². The predicted molar refractivity (Wildman–Crippen MR) is 128 cm³/mol. The molecule has 1 atom stereocenters. The van der Waals surface area contributed by atoms with Crippen molar-refractivity contribution in [2.24, 2.45) is 5.92 Å². The maximum absolute atomic E-state index is 13.2. The van der Waals surface area contributed by atoms with Gasteiger partial charge in [-0.05, 0) is 30.2 Å². The highest BCUT2D eigenvalue weighted by atomic mass is 32.2. The van der Waals surface area contributed by atoms with Crippen molar-refractivity contribution in [3.8, 4) is 0 Å². The molecule has 0 bridgehead atoms. The summed E-state index contributed by atoms with van der Waals surface area (Å²) in [7, 11) is -3.19. The summed E-state index contributed by atoms with van der Waals surface area (Å²) >= 11 is 0. The number of carboxylic acids is 1. The van der Waals surface area contributed by atoms with Crippen LogP contribution in [-0.4, -0.2) is 39.9 Å². The molecule has 0 amide bonds. The van der Waals surface area contributed by atoms with Gasteiger partial charge in [0, 0.05) is 18.5 Å². The summed E-state index contributed by atoms with van der Waals surface area (Å²) in [5, 5.41) is 12.2. The second-order valence-electron chi connectivity index (χ2n) is 8.31. The second-order valence-corrected chi connectivity index (χ2v) is 10.5. The average Bonchev–Trinajstić information content (AvgIpc) is 2.75. The van der Waals surface area contributed by atoms with E-state index in [1.807, 2.05) is 31.2 Å². The van der Waals surface area contributed by atoms with Gasteiger partial charge in [0.05, 0.1) is 18.2 Å². The number of aromatic nitrogens is 3. The highest BCUT2D eigenvalue weighted by Gasteiger charge is 2.19. The number of nitrogens with one attached hydrogen (secondary N) is 1. The van der Waals surface area contributed by atoms with Gasteiger partial charge in [0.1, 0.15) is 0 Å². The molecule has 3 rings (SSSR count). The summed E-state index contributed by atoms with van der Waals surface area (Å²) in [5.41, 5.74) is 1.37. The summed E-state index contributed by atoms with van der Waals surface area (Å²) in [6.07, 6.45) is 1.15. The van der Waals surface area contributed by atoms with E-state index in [4.69, 9.17) is 0 Å². The molecule has 11 heteroatoms. The zero-order valence-corrected chi connectivity index (χ0v) is 19.9. The number of aryl methyl sites for hydroxylation is 1. The number of rotatable bonds is 9. The number of anilines is 2. The van der Waals surface area contributed by atoms with Gasteiger partial charge >= 0.3 is 17.3 Å². The first-order valence-corrected chi connectivity index (χ1v) is 12.5. The lowest BCUT2D eigenvalue weighted by Gasteiger charge is -2.17. The van der Waals surface area contributed by atoms with Crippen molar-refractivity contribution in [1.82, 2.24) is 14.1 Å². The third kappa shape index (κ3) is 6.41. The first-order valence-electron chi connectivity index (χ1n) is 10.5. The highest BCUT2D eigenvalue weighted by Crippen LogP contribution is 2.16. The molecular weight excluding hydrogens is 460 g/mol. The van der Waals surface area contributed by atoms with Crippen LogP contribution in [-0.2, 0) is 33.5 Å². The molecule has 2 aromatic carbocycles. The molecule has 0 unspecified atom stereocenters. The van der Waals surface area contributed by atoms with Gasteiger partial charge in [-0.25, -0.2) is 22.6 Å². The van der Waals surface area contributed by atoms with E-state index in [1.54, 1.807) is 24.3 Å². The highest BCUT2D eigenvalue weighted by molar-refractivity contribution is 7.89. The van der Waals surface area contributed by atoms with Crippen LogP contribution >= 0.6 is 0 Å². The standard InChI is InChI=1S/C23H26N4O6S/c1-15-4-6-17(7-5-15)13-26-21(24-19-10-8-18(9-11-19)14-34(3,32)33)25-22(30)27(23(26)31)12-16(2)20(28)29/h4-11,16H,12-14H2,1-3H3,(H,28,29)(H,24,25,30)/t16-/m0/s1. The minimum atomic E-state index is -3.19. The van der Waals surface area contributed by atoms with Crippen LogP contribution in [0.2, 0.25) is 0 Å². The predicted octanol–water partition coefficient (Wildman–Crippen LogP) is 1.77. The van der Waals surface area contributed by atoms with E-state index in [-0.39, 0.29) is 24.8 Å². The Bertz CT molecular complexity index is 1410. The maximum Gasteiger partial charge on any atom is 0.354 e. The van der Waals surface area contributed by atoms with E-state index in [2.05, 4.69) is 10.3 Å². The molecule has 0 saturated carbocycles. The van der Waals surface area contributed by atoms with Gasteiger partial charge in [-0.15, -0.1) is 0 Å². The lowest BCUT2D eigenvalue weighted by Crippen LogP contribution is -2.44. The molecule has 0 aliphatic rings. The fourth-order valence-electron chi connectivity index (χ4n) is 3.27. The van der Waals surface area contributed by atoms with Gasteiger partial charge in [-0.1, -0.05) is 48.9 Å². The Balaban J connectivity index is 2.02. The van der Waals surface area contributed by atoms with Gasteiger partial charge in [0.2, 0.25) is 5.95 Å². The van der Waals surface area contributed by atoms with Crippen LogP contribution in [0, 0.1) is 12.8 Å². The van der Waals surface area contributed by atoms with Crippen molar-refractivity contribution in [2.45, 2.75) is 32.7 Å². The lowest BCUT2D eigenvalue weighted by atomic mass is 10.1. The van der Waals surface area contributed by atoms with Crippen molar-refractivity contribution in [1.29, 1.82) is 0 Å². The average molecular weight is 487 g/mol. The molecule has 0 aliphatic heterocycles. The summed E-state index contributed by atoms with van der Waals surface area (Å²) in [6, 6.07) is 14.0. The van der Waals surface area contributed by atoms with E-state index in [0.717, 1.165) is 21.9 Å². The third-order valence-corrected chi connectivity index (χ3v) is 5.99. The third-order valence-electron chi connectivity index (χ3n) is 5.13. The SMILES string of the molecule is Cc1ccc(Cn2c(Nc3ccc(CS(C)(=O)=O)cc3)nc(=O)n(C[C@H](C)C(=O)O)c2=O)cc1. The Hall–Kier alpha value is -3.73. The molecule has 180 valence electrons. The van der Waals surface area contributed by atoms with Crippen LogP contribution in [0.3, 0.4) is 0 Å². The molecule has 3 aromatic rings. The topological polar surface area (TPSA) is 140 Å². The summed E-state index contributed by atoms with van der Waals surface area (Å²) < 4.78 is 25.1. The van der Waals surface area contributed by atoms with Crippen molar-refractivity contribution >= 4 is 27.4 Å². The van der Waals surface area contributed by atoms with Crippen LogP contribution in [0.25, 0.3) is 0 Å². The molecule has 0 saturated heterocycles. The number of hydrogen-bond donors (Lipinski definition) is 2. The fraction of sp³-hybridized carbons (Fsp3) is 0.304. The fourth-order valence-corrected chi connectivity index (χ4v) is 4.07. The van der Waals surface area contributed by atoms with Crippen LogP contribution in [0.15, 0.2) is 58.1 Å². The number of hydrogen-bond acceptors (Lipinski definition) is 7. The van der Waals surface area contributed by atoms with Crippen LogP contribution in [0.5, 0.6) is 0 Å². The molecule has 10 nitrogen and oxygen atoms in total. The maximum atomic E-state index is 13.2. The monoisotopic (exact) mass is 486 g/mol. The minimum Gasteiger partial charge on any atom is -0.481 e. The molecule has 0 radical (unpaired) electrons. The molecule has 0 aliphatic carbocycles. The molecule has 0 spiro atoms. The van der Waals surface area contributed by atoms with E-state index >= 15 is 0 Å². The Kier molecular flexibility index (Phi) is 7.35. The smallest absolute Gasteiger partial charge is 0.354 e. The summed E-state index contributed by atoms with van der Waals surface area (Å²) in [6.45, 7) is 3.13. The van der Waals surface area contributed by atoms with Crippen molar-refractivity contribution in [2.75, 3.05) is 11.6 Å². The van der Waals surface area contributed by atoms with Gasteiger partial charge < -0.3 is 10.4 Å². The molecular formula is C23H26N4O6S. The largest absolute Gasteiger partial charge is 0.481 e. The van der Waals surface area contributed by atoms with E-state index in [1.165, 1.54) is 11.5 Å². The van der Waals surface area contributed by atoms with Crippen LogP contribution in [0.4, 0.5) is 11.6 Å². The Morgan fingerprint density at radius 2 is 1.62 bits per heavy atom. The van der Waals surface area contributed by atoms with Gasteiger partial charge in [-0.3, -0.25) is 9.36 Å². The first-order chi connectivity index (χ1) is 15.9. The normalized spacial score (nSPS) is 12.3. The zero-order chi connectivity index (χ0) is 25.0. The second kappa shape index (κ2) is 10.0. The lowest BCUT2D eigenvalue weighted by molar-refractivity contribution is -0.141. The number of carboxylic acid groups (broad SMARTS) is 1. The zero-order valence-electron chi connectivity index (χ0n) is 19.1. The van der Waals surface area contributed by atoms with Crippen molar-refractivity contribution < 1.29 is 18.3 Å². The van der Waals surface area contributed by atoms with Crippen molar-refractivity contribution in [3.05, 3.63) is 86.2 Å². The summed E-state index contributed by atoms with van der Waals surface area (Å²) in [5.74, 6) is -2.21. The number of benzene rings is 2. The Morgan fingerprint density at radius 3 is 2.18 bits per heavy atom. The molecule has 34 heavy (non-hydrogen) atoms. The first kappa shape index (κ1) is 24.9. The van der Waals surface area contributed by atoms with Gasteiger partial charge in [0.25, 0.3) is 0 Å². The number of nitrogens with zero attached hydrogens (tertiary/aromatic N) is 3.